The summed E-state index contributed by atoms with van der Waals surface area (Å²) in [5.41, 5.74) is 0. The summed E-state index contributed by atoms with van der Waals surface area (Å²) in [7, 11) is -9.94. The lowest BCUT2D eigenvalue weighted by molar-refractivity contribution is -0.161. The SMILES string of the molecule is CCCCCC/C=C\CCCCCCCCCC(=O)OC[C@H](COP(=O)(O)OC[C@H](O)COP(=O)(O)OC[C@@H](COC(=O)CCCCCCC/C=C\CCCCCCCC)OC(=O)CCCCCCC/C=C\CCCCCCCC)OC(=O)CCCCCCCCCCCCCCCCC. The summed E-state index contributed by atoms with van der Waals surface area (Å²) in [6.07, 6.45) is 71.1. The van der Waals surface area contributed by atoms with E-state index in [0.29, 0.717) is 25.7 Å². The van der Waals surface area contributed by atoms with Gasteiger partial charge in [-0.1, -0.05) is 308 Å². The second kappa shape index (κ2) is 74.5. The summed E-state index contributed by atoms with van der Waals surface area (Å²) >= 11 is 0. The standard InChI is InChI=1S/C81H152O17P2/c1-5-9-13-17-21-25-29-33-37-41-45-49-53-57-61-65-78(83)91-71-76(97-80(85)67-63-59-55-51-47-43-39-35-31-27-23-19-15-11-7-3)73-95-99(87,88)93-69-75(82)70-94-100(89,90)96-74-77(98-81(86)68-64-60-56-52-48-44-40-36-32-28-24-20-16-12-8-4)72-92-79(84)66-62-58-54-50-46-42-38-34-30-26-22-18-14-10-6-2/h25,29,34,36,38,40,75-77,82H,5-24,26-28,30-33,35,37,39,41-74H2,1-4H3,(H,87,88)(H,89,90)/b29-25-,38-34-,40-36-/t75-,76+,77+/m0/s1. The Balaban J connectivity index is 5.32. The number of unbranched alkanes of at least 4 members (excludes halogenated alkanes) is 47. The zero-order chi connectivity index (χ0) is 73.2. The van der Waals surface area contributed by atoms with Gasteiger partial charge in [0.2, 0.25) is 0 Å². The smallest absolute Gasteiger partial charge is 0.462 e. The van der Waals surface area contributed by atoms with Crippen LogP contribution in [0.3, 0.4) is 0 Å². The lowest BCUT2D eigenvalue weighted by Crippen LogP contribution is -2.30. The van der Waals surface area contributed by atoms with Crippen LogP contribution < -0.4 is 0 Å². The molecule has 0 aromatic rings. The molecule has 0 bridgehead atoms. The number of hydrogen-bond donors (Lipinski definition) is 3. The van der Waals surface area contributed by atoms with Crippen molar-refractivity contribution in [3.63, 3.8) is 0 Å². The molecule has 0 aliphatic carbocycles. The Morgan fingerprint density at radius 3 is 0.700 bits per heavy atom. The third kappa shape index (κ3) is 73.6. The van der Waals surface area contributed by atoms with Crippen LogP contribution in [0.25, 0.3) is 0 Å². The Kier molecular flexibility index (Phi) is 72.5. The fraction of sp³-hybridized carbons (Fsp3) is 0.877. The summed E-state index contributed by atoms with van der Waals surface area (Å²) in [6.45, 7) is 4.94. The molecule has 0 aliphatic heterocycles. The highest BCUT2D eigenvalue weighted by Gasteiger charge is 2.30. The molecule has 0 aromatic carbocycles. The van der Waals surface area contributed by atoms with Gasteiger partial charge in [0.15, 0.2) is 12.2 Å². The van der Waals surface area contributed by atoms with Crippen molar-refractivity contribution < 1.29 is 80.2 Å². The molecule has 2 unspecified atom stereocenters. The largest absolute Gasteiger partial charge is 0.472 e. The molecule has 5 atom stereocenters. The van der Waals surface area contributed by atoms with E-state index in [1.165, 1.54) is 180 Å². The van der Waals surface area contributed by atoms with Crippen LogP contribution in [0.5, 0.6) is 0 Å². The van der Waals surface area contributed by atoms with Gasteiger partial charge in [0.25, 0.3) is 0 Å². The van der Waals surface area contributed by atoms with Gasteiger partial charge in [-0.25, -0.2) is 9.13 Å². The number of aliphatic hydroxyl groups is 1. The molecule has 17 nitrogen and oxygen atoms in total. The van der Waals surface area contributed by atoms with Gasteiger partial charge in [-0.05, 0) is 103 Å². The molecule has 0 aromatic heterocycles. The fourth-order valence-electron chi connectivity index (χ4n) is 11.7. The van der Waals surface area contributed by atoms with Gasteiger partial charge >= 0.3 is 39.5 Å². The molecule has 0 saturated heterocycles. The zero-order valence-electron chi connectivity index (χ0n) is 64.4. The molecule has 0 fully saturated rings. The zero-order valence-corrected chi connectivity index (χ0v) is 66.2. The third-order valence-electron chi connectivity index (χ3n) is 18.1. The van der Waals surface area contributed by atoms with Gasteiger partial charge in [-0.15, -0.1) is 0 Å². The third-order valence-corrected chi connectivity index (χ3v) is 20.0. The van der Waals surface area contributed by atoms with E-state index >= 15 is 0 Å². The van der Waals surface area contributed by atoms with Gasteiger partial charge in [0, 0.05) is 25.7 Å². The van der Waals surface area contributed by atoms with E-state index in [1.807, 2.05) is 0 Å². The van der Waals surface area contributed by atoms with Crippen LogP contribution in [0.2, 0.25) is 0 Å². The molecule has 0 heterocycles. The fourth-order valence-corrected chi connectivity index (χ4v) is 13.3. The van der Waals surface area contributed by atoms with Gasteiger partial charge in [0.1, 0.15) is 19.3 Å². The van der Waals surface area contributed by atoms with Gasteiger partial charge < -0.3 is 33.8 Å². The maximum Gasteiger partial charge on any atom is 0.472 e. The first kappa shape index (κ1) is 97.3. The molecule has 0 saturated carbocycles. The van der Waals surface area contributed by atoms with E-state index in [1.54, 1.807) is 0 Å². The Morgan fingerprint density at radius 1 is 0.270 bits per heavy atom. The first-order valence-electron chi connectivity index (χ1n) is 41.2. The number of carbonyl (C=O) groups is 4. The predicted molar refractivity (Wildman–Crippen MR) is 409 cm³/mol. The van der Waals surface area contributed by atoms with Crippen molar-refractivity contribution in [2.24, 2.45) is 0 Å². The van der Waals surface area contributed by atoms with Crippen LogP contribution >= 0.6 is 15.6 Å². The van der Waals surface area contributed by atoms with E-state index in [-0.39, 0.29) is 25.7 Å². The summed E-state index contributed by atoms with van der Waals surface area (Å²) in [5.74, 6) is -2.15. The summed E-state index contributed by atoms with van der Waals surface area (Å²) < 4.78 is 68.7. The number of phosphoric acid groups is 2. The average Bonchev–Trinajstić information content (AvgIpc) is 1.01. The van der Waals surface area contributed by atoms with Crippen LogP contribution in [-0.2, 0) is 65.4 Å². The molecule has 3 N–H and O–H groups in total. The molecular formula is C81H152O17P2. The van der Waals surface area contributed by atoms with Crippen molar-refractivity contribution in [3.8, 4) is 0 Å². The first-order chi connectivity index (χ1) is 48.7. The van der Waals surface area contributed by atoms with Gasteiger partial charge in [-0.3, -0.25) is 37.3 Å². The second-order valence-corrected chi connectivity index (χ2v) is 31.0. The lowest BCUT2D eigenvalue weighted by Gasteiger charge is -2.21. The number of carbonyl (C=O) groups excluding carboxylic acids is 4. The number of hydrogen-bond acceptors (Lipinski definition) is 15. The topological polar surface area (TPSA) is 237 Å². The van der Waals surface area contributed by atoms with Crippen LogP contribution in [0, 0.1) is 0 Å². The molecule has 19 heteroatoms. The van der Waals surface area contributed by atoms with E-state index < -0.39 is 97.5 Å². The average molecular weight is 1460 g/mol. The summed E-state index contributed by atoms with van der Waals surface area (Å²) in [4.78, 5) is 73.0. The van der Waals surface area contributed by atoms with Crippen LogP contribution in [0.4, 0.5) is 0 Å². The number of allylic oxidation sites excluding steroid dienone is 6. The van der Waals surface area contributed by atoms with Gasteiger partial charge in [-0.2, -0.15) is 0 Å². The molecule has 0 radical (unpaired) electrons. The van der Waals surface area contributed by atoms with Crippen molar-refractivity contribution in [2.75, 3.05) is 39.6 Å². The van der Waals surface area contributed by atoms with Crippen molar-refractivity contribution in [1.29, 1.82) is 0 Å². The normalized spacial score (nSPS) is 14.0. The number of ether oxygens (including phenoxy) is 4. The van der Waals surface area contributed by atoms with Crippen molar-refractivity contribution in [1.82, 2.24) is 0 Å². The van der Waals surface area contributed by atoms with Crippen LogP contribution in [0.1, 0.15) is 400 Å². The van der Waals surface area contributed by atoms with Gasteiger partial charge in [0.05, 0.1) is 26.4 Å². The number of rotatable bonds is 79. The highest BCUT2D eigenvalue weighted by atomic mass is 31.2. The predicted octanol–water partition coefficient (Wildman–Crippen LogP) is 23.9. The van der Waals surface area contributed by atoms with Crippen LogP contribution in [-0.4, -0.2) is 96.7 Å². The maximum absolute atomic E-state index is 13.1. The number of esters is 4. The Morgan fingerprint density at radius 2 is 0.460 bits per heavy atom. The maximum atomic E-state index is 13.1. The van der Waals surface area contributed by atoms with E-state index in [4.69, 9.17) is 37.0 Å². The monoisotopic (exact) mass is 1460 g/mol. The van der Waals surface area contributed by atoms with Crippen molar-refractivity contribution >= 4 is 39.5 Å². The molecule has 0 rings (SSSR count). The van der Waals surface area contributed by atoms with Crippen molar-refractivity contribution in [2.45, 2.75) is 418 Å². The minimum Gasteiger partial charge on any atom is -0.462 e. The lowest BCUT2D eigenvalue weighted by atomic mass is 10.0. The minimum atomic E-state index is -4.97. The quantitative estimate of drug-likeness (QED) is 0.0169. The van der Waals surface area contributed by atoms with Crippen molar-refractivity contribution in [3.05, 3.63) is 36.5 Å². The van der Waals surface area contributed by atoms with E-state index in [9.17, 15) is 43.2 Å². The minimum absolute atomic E-state index is 0.0900. The molecule has 588 valence electrons. The molecular weight excluding hydrogens is 1310 g/mol. The highest BCUT2D eigenvalue weighted by molar-refractivity contribution is 7.47. The molecule has 0 aliphatic rings. The summed E-state index contributed by atoms with van der Waals surface area (Å²) in [5, 5.41) is 10.6. The Bertz CT molecular complexity index is 2040. The Hall–Kier alpha value is -2.72. The van der Waals surface area contributed by atoms with Crippen LogP contribution in [0.15, 0.2) is 36.5 Å². The molecule has 0 amide bonds. The number of aliphatic hydroxyl groups excluding tert-OH is 1. The second-order valence-electron chi connectivity index (χ2n) is 28.1. The highest BCUT2D eigenvalue weighted by Crippen LogP contribution is 2.45. The van der Waals surface area contributed by atoms with E-state index in [0.717, 1.165) is 141 Å². The Labute approximate surface area is 611 Å². The first-order valence-corrected chi connectivity index (χ1v) is 44.2. The summed E-state index contributed by atoms with van der Waals surface area (Å²) in [6, 6.07) is 0. The molecule has 0 spiro atoms. The molecule has 100 heavy (non-hydrogen) atoms. The van der Waals surface area contributed by atoms with E-state index in [2.05, 4.69) is 64.2 Å². The number of phosphoric ester groups is 2.